The fourth-order valence-electron chi connectivity index (χ4n) is 9.16. The van der Waals surface area contributed by atoms with Gasteiger partial charge < -0.3 is 9.84 Å². The minimum Gasteiger partial charge on any atom is -0.458 e. The molecule has 0 aromatic carbocycles. The van der Waals surface area contributed by atoms with E-state index in [0.717, 1.165) is 12.0 Å². The molecule has 0 radical (unpaired) electrons. The highest BCUT2D eigenvalue weighted by molar-refractivity contribution is 5.92. The Hall–Kier alpha value is -0.830. The summed E-state index contributed by atoms with van der Waals surface area (Å²) in [5.41, 5.74) is 2.70. The van der Waals surface area contributed by atoms with Gasteiger partial charge >= 0.3 is 5.97 Å². The minimum absolute atomic E-state index is 0.123. The molecule has 7 atom stereocenters. The molecule has 0 unspecified atom stereocenters. The zero-order valence-corrected chi connectivity index (χ0v) is 18.4. The molecule has 1 aliphatic heterocycles. The molecule has 3 saturated carbocycles. The van der Waals surface area contributed by atoms with Gasteiger partial charge in [0.05, 0.1) is 6.10 Å². The van der Waals surface area contributed by atoms with Crippen LogP contribution in [0.3, 0.4) is 0 Å². The third-order valence-corrected chi connectivity index (χ3v) is 10.5. The predicted molar refractivity (Wildman–Crippen MR) is 109 cm³/mol. The van der Waals surface area contributed by atoms with Crippen LogP contribution < -0.4 is 0 Å². The van der Waals surface area contributed by atoms with Crippen molar-refractivity contribution in [1.82, 2.24) is 0 Å². The van der Waals surface area contributed by atoms with Crippen molar-refractivity contribution < 1.29 is 14.6 Å². The first-order valence-electron chi connectivity index (χ1n) is 11.6. The van der Waals surface area contributed by atoms with Gasteiger partial charge in [-0.05, 0) is 84.5 Å². The molecule has 0 spiro atoms. The van der Waals surface area contributed by atoms with Crippen LogP contribution >= 0.6 is 0 Å². The minimum atomic E-state index is -0.333. The second-order valence-corrected chi connectivity index (χ2v) is 12.5. The van der Waals surface area contributed by atoms with Crippen LogP contribution in [-0.2, 0) is 9.53 Å². The van der Waals surface area contributed by atoms with Crippen molar-refractivity contribution in [2.45, 2.75) is 92.1 Å². The lowest BCUT2D eigenvalue weighted by Gasteiger charge is -2.69. The molecule has 4 aliphatic carbocycles. The smallest absolute Gasteiger partial charge is 0.334 e. The van der Waals surface area contributed by atoms with Crippen LogP contribution in [0.2, 0.25) is 0 Å². The number of aliphatic hydroxyl groups excluding tert-OH is 1. The molecular formula is C25H38O3. The first-order valence-corrected chi connectivity index (χ1v) is 11.6. The maximum atomic E-state index is 12.3. The van der Waals surface area contributed by atoms with Crippen LogP contribution in [-0.4, -0.2) is 23.8 Å². The zero-order valence-electron chi connectivity index (χ0n) is 18.4. The molecule has 3 nitrogen and oxygen atoms in total. The third kappa shape index (κ3) is 2.29. The Bertz CT molecular complexity index is 751. The largest absolute Gasteiger partial charge is 0.458 e. The summed E-state index contributed by atoms with van der Waals surface area (Å²) in [7, 11) is 0. The number of aliphatic hydroxyl groups is 1. The molecule has 28 heavy (non-hydrogen) atoms. The second kappa shape index (κ2) is 5.65. The maximum absolute atomic E-state index is 12.3. The topological polar surface area (TPSA) is 46.5 Å². The summed E-state index contributed by atoms with van der Waals surface area (Å²) >= 11 is 0. The van der Waals surface area contributed by atoms with Crippen molar-refractivity contribution in [2.75, 3.05) is 6.61 Å². The van der Waals surface area contributed by atoms with E-state index in [1.807, 2.05) is 0 Å². The molecule has 156 valence electrons. The van der Waals surface area contributed by atoms with Gasteiger partial charge in [0.25, 0.3) is 0 Å². The first kappa shape index (κ1) is 19.2. The molecule has 3 fully saturated rings. The number of rotatable bonds is 0. The van der Waals surface area contributed by atoms with E-state index in [1.165, 1.54) is 44.1 Å². The molecule has 0 amide bonds. The number of hydrogen-bond donors (Lipinski definition) is 1. The number of cyclic esters (lactones) is 1. The van der Waals surface area contributed by atoms with Crippen molar-refractivity contribution in [3.8, 4) is 0 Å². The molecule has 1 N–H and O–H groups in total. The lowest BCUT2D eigenvalue weighted by Crippen LogP contribution is -2.65. The highest BCUT2D eigenvalue weighted by Gasteiger charge is 2.67. The van der Waals surface area contributed by atoms with Gasteiger partial charge in [-0.25, -0.2) is 4.79 Å². The number of carbonyl (C=O) groups excluding carboxylic acids is 1. The number of esters is 1. The van der Waals surface area contributed by atoms with Gasteiger partial charge in [-0.3, -0.25) is 0 Å². The Balaban J connectivity index is 1.57. The summed E-state index contributed by atoms with van der Waals surface area (Å²) in [5, 5.41) is 12.0. The predicted octanol–water partition coefficient (Wildman–Crippen LogP) is 5.27. The van der Waals surface area contributed by atoms with Gasteiger partial charge in [-0.2, -0.15) is 0 Å². The monoisotopic (exact) mass is 386 g/mol. The van der Waals surface area contributed by atoms with Gasteiger partial charge in [-0.1, -0.05) is 41.0 Å². The molecule has 1 heterocycles. The third-order valence-electron chi connectivity index (χ3n) is 10.5. The first-order chi connectivity index (χ1) is 13.0. The number of fused-ring (bicyclic) bond motifs is 4. The lowest BCUT2D eigenvalue weighted by atomic mass is 9.36. The van der Waals surface area contributed by atoms with Crippen molar-refractivity contribution in [3.63, 3.8) is 0 Å². The van der Waals surface area contributed by atoms with Crippen LogP contribution in [0.4, 0.5) is 0 Å². The standard InChI is InChI=1S/C25H38O3/c1-22(2)8-6-9-24(4)18(22)7-10-23(3)12-16-11-15-14-28-21(27)17(15)13-25(16,5)20(26)19(23)24/h16,18-20,26H,6-14H2,1-5H3/t16-,18-,19-,20+,23-,24-,25+/m0/s1. The Morgan fingerprint density at radius 2 is 1.79 bits per heavy atom. The summed E-state index contributed by atoms with van der Waals surface area (Å²) in [4.78, 5) is 12.3. The normalized spacial score (nSPS) is 52.3. The van der Waals surface area contributed by atoms with E-state index in [9.17, 15) is 9.90 Å². The van der Waals surface area contributed by atoms with E-state index in [4.69, 9.17) is 4.74 Å². The Morgan fingerprint density at radius 1 is 1.04 bits per heavy atom. The van der Waals surface area contributed by atoms with Crippen LogP contribution in [0, 0.1) is 39.4 Å². The van der Waals surface area contributed by atoms with Gasteiger partial charge in [-0.15, -0.1) is 0 Å². The van der Waals surface area contributed by atoms with Crippen molar-refractivity contribution >= 4 is 5.97 Å². The molecule has 0 aromatic heterocycles. The van der Waals surface area contributed by atoms with Gasteiger partial charge in [0.1, 0.15) is 6.61 Å². The van der Waals surface area contributed by atoms with Crippen LogP contribution in [0.5, 0.6) is 0 Å². The van der Waals surface area contributed by atoms with Crippen LogP contribution in [0.1, 0.15) is 86.0 Å². The van der Waals surface area contributed by atoms with Crippen molar-refractivity contribution in [2.24, 2.45) is 39.4 Å². The fourth-order valence-corrected chi connectivity index (χ4v) is 9.16. The summed E-state index contributed by atoms with van der Waals surface area (Å²) < 4.78 is 5.37. The molecule has 3 heteroatoms. The molecule has 5 aliphatic rings. The van der Waals surface area contributed by atoms with Gasteiger partial charge in [0, 0.05) is 11.0 Å². The van der Waals surface area contributed by atoms with Gasteiger partial charge in [0.2, 0.25) is 0 Å². The molecule has 0 bridgehead atoms. The van der Waals surface area contributed by atoms with Crippen LogP contribution in [0.25, 0.3) is 0 Å². The average Bonchev–Trinajstić information content (AvgIpc) is 2.93. The van der Waals surface area contributed by atoms with Crippen LogP contribution in [0.15, 0.2) is 11.1 Å². The summed E-state index contributed by atoms with van der Waals surface area (Å²) in [5.74, 6) is 1.37. The quantitative estimate of drug-likeness (QED) is 0.577. The van der Waals surface area contributed by atoms with Crippen molar-refractivity contribution in [3.05, 3.63) is 11.1 Å². The summed E-state index contributed by atoms with van der Waals surface area (Å²) in [6.45, 7) is 12.7. The SMILES string of the molecule is CC1(C)CCC[C@@]2(C)[C@H]1CC[C@@]1(C)C[C@@H]3CC4=C(C[C@@]3(C)[C@H](O)[C@@H]12)C(=O)OC4. The van der Waals surface area contributed by atoms with E-state index in [-0.39, 0.29) is 28.3 Å². The maximum Gasteiger partial charge on any atom is 0.334 e. The Kier molecular flexibility index (Phi) is 3.86. The Labute approximate surface area is 170 Å². The molecule has 0 aromatic rings. The molecule has 5 rings (SSSR count). The molecular weight excluding hydrogens is 348 g/mol. The van der Waals surface area contributed by atoms with E-state index in [2.05, 4.69) is 34.6 Å². The van der Waals surface area contributed by atoms with Gasteiger partial charge in [0.15, 0.2) is 0 Å². The number of ether oxygens (including phenoxy) is 1. The number of hydrogen-bond acceptors (Lipinski definition) is 3. The zero-order chi connectivity index (χ0) is 20.1. The van der Waals surface area contributed by atoms with Crippen molar-refractivity contribution in [1.29, 1.82) is 0 Å². The second-order valence-electron chi connectivity index (χ2n) is 12.5. The summed E-state index contributed by atoms with van der Waals surface area (Å²) in [6.07, 6.45) is 8.91. The lowest BCUT2D eigenvalue weighted by molar-refractivity contribution is -0.234. The average molecular weight is 387 g/mol. The van der Waals surface area contributed by atoms with E-state index >= 15 is 0 Å². The highest BCUT2D eigenvalue weighted by Crippen LogP contribution is 2.71. The Morgan fingerprint density at radius 3 is 2.54 bits per heavy atom. The highest BCUT2D eigenvalue weighted by atomic mass is 16.5. The van der Waals surface area contributed by atoms with E-state index in [1.54, 1.807) is 0 Å². The molecule has 0 saturated heterocycles. The van der Waals surface area contributed by atoms with E-state index in [0.29, 0.717) is 36.2 Å². The number of carbonyl (C=O) groups is 1. The fraction of sp³-hybridized carbons (Fsp3) is 0.880. The van der Waals surface area contributed by atoms with E-state index < -0.39 is 0 Å². The summed E-state index contributed by atoms with van der Waals surface area (Å²) in [6, 6.07) is 0.